The van der Waals surface area contributed by atoms with Crippen LogP contribution in [-0.4, -0.2) is 34.5 Å². The fraction of sp³-hybridized carbons (Fsp3) is 0.727. The molecule has 0 aromatic rings. The Kier molecular flexibility index (Phi) is 5.54. The van der Waals surface area contributed by atoms with E-state index in [1.54, 1.807) is 20.8 Å². The van der Waals surface area contributed by atoms with Crippen molar-refractivity contribution < 1.29 is 19.7 Å². The normalized spacial score (nSPS) is 17.8. The third-order valence-corrected chi connectivity index (χ3v) is 2.07. The second-order valence-corrected chi connectivity index (χ2v) is 4.00. The molecule has 0 aromatic heterocycles. The molecule has 0 saturated heterocycles. The van der Waals surface area contributed by atoms with Crippen molar-refractivity contribution in [2.75, 3.05) is 6.61 Å². The minimum absolute atomic E-state index is 0.0909. The molecule has 0 aliphatic carbocycles. The van der Waals surface area contributed by atoms with Gasteiger partial charge in [0.05, 0.1) is 12.7 Å². The van der Waals surface area contributed by atoms with Gasteiger partial charge in [0.15, 0.2) is 0 Å². The van der Waals surface area contributed by atoms with E-state index in [-0.39, 0.29) is 12.5 Å². The Morgan fingerprint density at radius 3 is 2.47 bits per heavy atom. The van der Waals surface area contributed by atoms with E-state index in [1.165, 1.54) is 13.0 Å². The van der Waals surface area contributed by atoms with Crippen LogP contribution in [0.4, 0.5) is 0 Å². The summed E-state index contributed by atoms with van der Waals surface area (Å²) in [5.41, 5.74) is -1.42. The lowest BCUT2D eigenvalue weighted by atomic mass is 9.90. The summed E-state index contributed by atoms with van der Waals surface area (Å²) in [7, 11) is 0. The van der Waals surface area contributed by atoms with Gasteiger partial charge in [-0.05, 0) is 25.8 Å². The van der Waals surface area contributed by atoms with Crippen molar-refractivity contribution in [2.45, 2.75) is 39.4 Å². The molecule has 0 radical (unpaired) electrons. The van der Waals surface area contributed by atoms with Gasteiger partial charge in [0.1, 0.15) is 5.60 Å². The Bertz CT molecular complexity index is 231. The van der Waals surface area contributed by atoms with E-state index in [0.29, 0.717) is 0 Å². The third-order valence-electron chi connectivity index (χ3n) is 2.07. The topological polar surface area (TPSA) is 66.8 Å². The van der Waals surface area contributed by atoms with Gasteiger partial charge in [-0.15, -0.1) is 0 Å². The minimum Gasteiger partial charge on any atom is -0.463 e. The number of esters is 1. The number of aliphatic hydroxyl groups is 2. The maximum absolute atomic E-state index is 11.0. The van der Waals surface area contributed by atoms with Crippen LogP contribution in [0.5, 0.6) is 0 Å². The van der Waals surface area contributed by atoms with E-state index >= 15 is 0 Å². The molecule has 0 heterocycles. The Labute approximate surface area is 90.6 Å². The zero-order chi connectivity index (χ0) is 12.1. The zero-order valence-electron chi connectivity index (χ0n) is 9.73. The molecule has 0 saturated carbocycles. The van der Waals surface area contributed by atoms with Crippen LogP contribution < -0.4 is 0 Å². The van der Waals surface area contributed by atoms with Crippen molar-refractivity contribution in [2.24, 2.45) is 5.92 Å². The summed E-state index contributed by atoms with van der Waals surface area (Å²) in [6.45, 7) is 7.02. The van der Waals surface area contributed by atoms with Gasteiger partial charge in [-0.3, -0.25) is 0 Å². The van der Waals surface area contributed by atoms with Crippen LogP contribution >= 0.6 is 0 Å². The Morgan fingerprint density at radius 1 is 1.53 bits per heavy atom. The molecule has 15 heavy (non-hydrogen) atoms. The minimum atomic E-state index is -1.42. The summed E-state index contributed by atoms with van der Waals surface area (Å²) in [6.07, 6.45) is 1.48. The Hall–Kier alpha value is -0.870. The molecule has 0 bridgehead atoms. The monoisotopic (exact) mass is 216 g/mol. The number of carbonyl (C=O) groups is 1. The molecule has 4 nitrogen and oxygen atoms in total. The van der Waals surface area contributed by atoms with Crippen molar-refractivity contribution in [3.63, 3.8) is 0 Å². The molecular formula is C11H20O4. The molecule has 4 heteroatoms. The highest BCUT2D eigenvalue weighted by atomic mass is 16.5. The van der Waals surface area contributed by atoms with Crippen molar-refractivity contribution in [3.05, 3.63) is 12.2 Å². The molecular weight excluding hydrogens is 196 g/mol. The van der Waals surface area contributed by atoms with Crippen molar-refractivity contribution in [1.29, 1.82) is 0 Å². The molecule has 0 rings (SSSR count). The van der Waals surface area contributed by atoms with Crippen LogP contribution in [0.1, 0.15) is 27.7 Å². The second kappa shape index (κ2) is 5.88. The largest absolute Gasteiger partial charge is 0.463 e. The molecule has 0 aromatic carbocycles. The summed E-state index contributed by atoms with van der Waals surface area (Å²) >= 11 is 0. The second-order valence-electron chi connectivity index (χ2n) is 4.00. The first-order valence-corrected chi connectivity index (χ1v) is 5.07. The van der Waals surface area contributed by atoms with E-state index in [4.69, 9.17) is 0 Å². The predicted molar refractivity (Wildman–Crippen MR) is 57.2 cm³/mol. The van der Waals surface area contributed by atoms with Crippen LogP contribution in [0.2, 0.25) is 0 Å². The van der Waals surface area contributed by atoms with Gasteiger partial charge in [0.2, 0.25) is 0 Å². The summed E-state index contributed by atoms with van der Waals surface area (Å²) in [4.78, 5) is 11.0. The van der Waals surface area contributed by atoms with Gasteiger partial charge in [-0.2, -0.15) is 0 Å². The van der Waals surface area contributed by atoms with Gasteiger partial charge in [-0.25, -0.2) is 4.79 Å². The van der Waals surface area contributed by atoms with Crippen LogP contribution in [0.15, 0.2) is 12.2 Å². The van der Waals surface area contributed by atoms with E-state index < -0.39 is 17.7 Å². The highest BCUT2D eigenvalue weighted by Gasteiger charge is 2.29. The SMILES string of the molecule is CCOC(=O)/C=C/[C@@](C)(O)[C@H](O)C(C)C. The quantitative estimate of drug-likeness (QED) is 0.528. The van der Waals surface area contributed by atoms with Gasteiger partial charge < -0.3 is 14.9 Å². The fourth-order valence-corrected chi connectivity index (χ4v) is 1.20. The lowest BCUT2D eigenvalue weighted by Gasteiger charge is -2.28. The highest BCUT2D eigenvalue weighted by molar-refractivity contribution is 5.82. The molecule has 0 spiro atoms. The highest BCUT2D eigenvalue weighted by Crippen LogP contribution is 2.18. The number of carbonyl (C=O) groups excluding carboxylic acids is 1. The molecule has 0 unspecified atom stereocenters. The smallest absolute Gasteiger partial charge is 0.330 e. The van der Waals surface area contributed by atoms with Crippen molar-refractivity contribution in [3.8, 4) is 0 Å². The van der Waals surface area contributed by atoms with E-state index in [2.05, 4.69) is 4.74 Å². The van der Waals surface area contributed by atoms with Gasteiger partial charge in [0, 0.05) is 6.08 Å². The third kappa shape index (κ3) is 4.95. The average molecular weight is 216 g/mol. The van der Waals surface area contributed by atoms with Crippen LogP contribution in [0.3, 0.4) is 0 Å². The van der Waals surface area contributed by atoms with Crippen LogP contribution in [0.25, 0.3) is 0 Å². The van der Waals surface area contributed by atoms with Crippen LogP contribution in [0, 0.1) is 5.92 Å². The van der Waals surface area contributed by atoms with Crippen molar-refractivity contribution >= 4 is 5.97 Å². The first-order valence-electron chi connectivity index (χ1n) is 5.07. The van der Waals surface area contributed by atoms with E-state index in [9.17, 15) is 15.0 Å². The summed E-state index contributed by atoms with van der Waals surface area (Å²) < 4.78 is 4.66. The maximum atomic E-state index is 11.0. The zero-order valence-corrected chi connectivity index (χ0v) is 9.73. The van der Waals surface area contributed by atoms with Gasteiger partial charge >= 0.3 is 5.97 Å². The van der Waals surface area contributed by atoms with Crippen molar-refractivity contribution in [1.82, 2.24) is 0 Å². The van der Waals surface area contributed by atoms with E-state index in [0.717, 1.165) is 6.08 Å². The summed E-state index contributed by atoms with van der Waals surface area (Å²) in [5.74, 6) is -0.611. The van der Waals surface area contributed by atoms with Gasteiger partial charge in [-0.1, -0.05) is 13.8 Å². The summed E-state index contributed by atoms with van der Waals surface area (Å²) in [5, 5.41) is 19.5. The molecule has 2 N–H and O–H groups in total. The lowest BCUT2D eigenvalue weighted by Crippen LogP contribution is -2.40. The van der Waals surface area contributed by atoms with E-state index in [1.807, 2.05) is 0 Å². The number of rotatable bonds is 5. The summed E-state index contributed by atoms with van der Waals surface area (Å²) in [6, 6.07) is 0. The number of ether oxygens (including phenoxy) is 1. The molecule has 0 amide bonds. The van der Waals surface area contributed by atoms with Gasteiger partial charge in [0.25, 0.3) is 0 Å². The molecule has 88 valence electrons. The molecule has 0 aliphatic heterocycles. The number of hydrogen-bond acceptors (Lipinski definition) is 4. The first-order chi connectivity index (χ1) is 6.81. The molecule has 0 fully saturated rings. The molecule has 2 atom stereocenters. The Balaban J connectivity index is 4.42. The predicted octanol–water partition coefficient (Wildman–Crippen LogP) is 0.874. The fourth-order valence-electron chi connectivity index (χ4n) is 1.20. The lowest BCUT2D eigenvalue weighted by molar-refractivity contribution is -0.137. The van der Waals surface area contributed by atoms with Crippen LogP contribution in [-0.2, 0) is 9.53 Å². The first kappa shape index (κ1) is 14.1. The average Bonchev–Trinajstić information content (AvgIpc) is 2.14. The Morgan fingerprint density at radius 2 is 2.07 bits per heavy atom. The number of aliphatic hydroxyl groups excluding tert-OH is 1. The maximum Gasteiger partial charge on any atom is 0.330 e. The standard InChI is InChI=1S/C11H20O4/c1-5-15-9(12)6-7-11(4,14)10(13)8(2)3/h6-8,10,13-14H,5H2,1-4H3/b7-6+/t10-,11-/m1/s1. The molecule has 0 aliphatic rings. The number of hydrogen-bond donors (Lipinski definition) is 2.